The molecule has 0 amide bonds. The molecule has 0 aliphatic heterocycles. The van der Waals surface area contributed by atoms with Gasteiger partial charge in [0.15, 0.2) is 0 Å². The summed E-state index contributed by atoms with van der Waals surface area (Å²) in [4.78, 5) is 7.08. The predicted octanol–water partition coefficient (Wildman–Crippen LogP) is 17.6. The lowest BCUT2D eigenvalue weighted by atomic mass is 10.0. The fraction of sp³-hybridized carbons (Fsp3) is 0. The maximum absolute atomic E-state index is 2.52. The monoisotopic (exact) mass is 842 g/mol. The number of hydrogen-bond acceptors (Lipinski definition) is 3. The largest absolute Gasteiger partial charge is 0.310 e. The molecular formula is C62H42N4. The first kappa shape index (κ1) is 37.7. The number of anilines is 9. The Hall–Kier alpha value is -8.86. The number of nitrogens with zero attached hydrogens (tertiary/aromatic N) is 4. The van der Waals surface area contributed by atoms with Crippen LogP contribution in [0.25, 0.3) is 59.6 Å². The minimum Gasteiger partial charge on any atom is -0.310 e. The van der Waals surface area contributed by atoms with Gasteiger partial charge in [-0.2, -0.15) is 0 Å². The molecule has 0 saturated carbocycles. The van der Waals surface area contributed by atoms with E-state index in [-0.39, 0.29) is 0 Å². The van der Waals surface area contributed by atoms with Crippen molar-refractivity contribution in [1.29, 1.82) is 0 Å². The molecule has 2 aromatic heterocycles. The topological polar surface area (TPSA) is 14.1 Å². The molecule has 0 bridgehead atoms. The summed E-state index contributed by atoms with van der Waals surface area (Å²) in [7, 11) is 0. The van der Waals surface area contributed by atoms with Gasteiger partial charge in [0.25, 0.3) is 0 Å². The zero-order valence-corrected chi connectivity index (χ0v) is 36.0. The Morgan fingerprint density at radius 2 is 0.515 bits per heavy atom. The highest BCUT2D eigenvalue weighted by molar-refractivity contribution is 6.27. The van der Waals surface area contributed by atoms with Crippen LogP contribution in [0.15, 0.2) is 255 Å². The van der Waals surface area contributed by atoms with Crippen molar-refractivity contribution in [3.8, 4) is 0 Å². The van der Waals surface area contributed by atoms with Gasteiger partial charge < -0.3 is 19.1 Å². The molecule has 0 N–H and O–H groups in total. The van der Waals surface area contributed by atoms with E-state index < -0.39 is 0 Å². The van der Waals surface area contributed by atoms with Gasteiger partial charge in [-0.15, -0.1) is 0 Å². The lowest BCUT2D eigenvalue weighted by Crippen LogP contribution is -2.09. The highest BCUT2D eigenvalue weighted by Gasteiger charge is 2.24. The van der Waals surface area contributed by atoms with Gasteiger partial charge in [-0.1, -0.05) is 121 Å². The van der Waals surface area contributed by atoms with Crippen LogP contribution in [0.5, 0.6) is 0 Å². The van der Waals surface area contributed by atoms with Crippen molar-refractivity contribution >= 4 is 111 Å². The molecule has 4 nitrogen and oxygen atoms in total. The summed E-state index contributed by atoms with van der Waals surface area (Å²) in [6, 6.07) is 92.3. The maximum atomic E-state index is 2.52. The second-order valence-corrected chi connectivity index (χ2v) is 17.0. The smallest absolute Gasteiger partial charge is 0.0622 e. The van der Waals surface area contributed by atoms with Crippen LogP contribution in [0, 0.1) is 0 Å². The molecule has 0 aliphatic carbocycles. The molecule has 66 heavy (non-hydrogen) atoms. The zero-order valence-electron chi connectivity index (χ0n) is 36.0. The summed E-state index contributed by atoms with van der Waals surface area (Å²) < 4.78 is 2.52. The van der Waals surface area contributed by atoms with Crippen LogP contribution in [0.3, 0.4) is 0 Å². The number of rotatable bonds is 9. The van der Waals surface area contributed by atoms with Gasteiger partial charge in [-0.3, -0.25) is 0 Å². The molecule has 13 rings (SSSR count). The van der Waals surface area contributed by atoms with Crippen LogP contribution in [0.2, 0.25) is 0 Å². The molecule has 0 spiro atoms. The Balaban J connectivity index is 1.07. The molecule has 0 atom stereocenters. The van der Waals surface area contributed by atoms with Gasteiger partial charge >= 0.3 is 0 Å². The second-order valence-electron chi connectivity index (χ2n) is 17.0. The summed E-state index contributed by atoms with van der Waals surface area (Å²) in [5.41, 5.74) is 13.7. The molecular weight excluding hydrogens is 801 g/mol. The normalized spacial score (nSPS) is 11.6. The van der Waals surface area contributed by atoms with E-state index in [0.717, 1.165) is 51.2 Å². The first-order chi connectivity index (χ1) is 32.7. The van der Waals surface area contributed by atoms with Crippen molar-refractivity contribution in [3.05, 3.63) is 255 Å². The minimum absolute atomic E-state index is 1.11. The van der Waals surface area contributed by atoms with E-state index >= 15 is 0 Å². The summed E-state index contributed by atoms with van der Waals surface area (Å²) in [5, 5.41) is 9.70. The number of aromatic nitrogens is 1. The fourth-order valence-corrected chi connectivity index (χ4v) is 10.2. The lowest BCUT2D eigenvalue weighted by molar-refractivity contribution is 1.29. The third-order valence-electron chi connectivity index (χ3n) is 13.1. The van der Waals surface area contributed by atoms with E-state index in [0.29, 0.717) is 0 Å². The van der Waals surface area contributed by atoms with Gasteiger partial charge in [-0.05, 0) is 155 Å². The first-order valence-electron chi connectivity index (χ1n) is 22.6. The van der Waals surface area contributed by atoms with E-state index in [1.165, 1.54) is 59.6 Å². The van der Waals surface area contributed by atoms with E-state index in [2.05, 4.69) is 274 Å². The molecule has 11 aromatic carbocycles. The predicted molar refractivity (Wildman–Crippen MR) is 280 cm³/mol. The Morgan fingerprint density at radius 3 is 0.833 bits per heavy atom. The average Bonchev–Trinajstić information content (AvgIpc) is 3.87. The van der Waals surface area contributed by atoms with Gasteiger partial charge in [0.2, 0.25) is 0 Å². The summed E-state index contributed by atoms with van der Waals surface area (Å²) in [6.07, 6.45) is 0. The van der Waals surface area contributed by atoms with E-state index in [4.69, 9.17) is 0 Å². The molecule has 2 heterocycles. The Labute approximate surface area is 383 Å². The van der Waals surface area contributed by atoms with Crippen LogP contribution in [-0.4, -0.2) is 4.40 Å². The SMILES string of the molecule is c1ccc(N(c2ccccc2)c2ccc3cc4c(cc3c2)c2cc(N(c3ccccc3)c3ccccc3)cc3c5cc6cc(N(c7ccccc7)c7ccccc7)ccc6cc5n4c23)cc1. The third kappa shape index (κ3) is 6.22. The van der Waals surface area contributed by atoms with Gasteiger partial charge in [0.1, 0.15) is 0 Å². The molecule has 0 aliphatic rings. The Kier molecular flexibility index (Phi) is 8.81. The van der Waals surface area contributed by atoms with E-state index in [1.54, 1.807) is 0 Å². The van der Waals surface area contributed by atoms with Crippen molar-refractivity contribution in [2.75, 3.05) is 14.7 Å². The molecule has 0 saturated heterocycles. The summed E-state index contributed by atoms with van der Waals surface area (Å²) >= 11 is 0. The van der Waals surface area contributed by atoms with Gasteiger partial charge in [-0.25, -0.2) is 0 Å². The standard InChI is InChI=1S/C62H42N4/c1-7-19-47(20-8-1)63(48-21-9-2-10-22-48)53-33-31-43-39-60-56(37-45(43)35-53)58-41-55(65(51-27-15-5-16-28-51)52-29-17-6-18-30-52)42-59-57-38-46-36-54(34-32-44(46)40-61(57)66(60)62(58)59)64(49-23-11-3-12-24-49)50-25-13-4-14-26-50/h1-42H. The molecule has 0 unspecified atom stereocenters. The van der Waals surface area contributed by atoms with Crippen molar-refractivity contribution in [1.82, 2.24) is 4.40 Å². The van der Waals surface area contributed by atoms with E-state index in [1.807, 2.05) is 0 Å². The Morgan fingerprint density at radius 1 is 0.212 bits per heavy atom. The summed E-state index contributed by atoms with van der Waals surface area (Å²) in [6.45, 7) is 0. The average molecular weight is 843 g/mol. The number of para-hydroxylation sites is 6. The quantitative estimate of drug-likeness (QED) is 0.144. The molecule has 0 fully saturated rings. The van der Waals surface area contributed by atoms with Crippen molar-refractivity contribution in [3.63, 3.8) is 0 Å². The van der Waals surface area contributed by atoms with Crippen LogP contribution in [0.1, 0.15) is 0 Å². The Bertz CT molecular complexity index is 3530. The van der Waals surface area contributed by atoms with Gasteiger partial charge in [0.05, 0.1) is 16.6 Å². The maximum Gasteiger partial charge on any atom is 0.0622 e. The number of benzene rings is 11. The highest BCUT2D eigenvalue weighted by Crippen LogP contribution is 2.47. The number of hydrogen-bond donors (Lipinski definition) is 0. The minimum atomic E-state index is 1.11. The number of fused-ring (bicyclic) bond motifs is 8. The van der Waals surface area contributed by atoms with E-state index in [9.17, 15) is 0 Å². The van der Waals surface area contributed by atoms with Crippen molar-refractivity contribution < 1.29 is 0 Å². The first-order valence-corrected chi connectivity index (χ1v) is 22.6. The van der Waals surface area contributed by atoms with Crippen LogP contribution in [0.4, 0.5) is 51.2 Å². The van der Waals surface area contributed by atoms with Crippen molar-refractivity contribution in [2.24, 2.45) is 0 Å². The van der Waals surface area contributed by atoms with Crippen LogP contribution < -0.4 is 14.7 Å². The van der Waals surface area contributed by atoms with Crippen LogP contribution in [-0.2, 0) is 0 Å². The molecule has 0 radical (unpaired) electrons. The van der Waals surface area contributed by atoms with Crippen LogP contribution >= 0.6 is 0 Å². The van der Waals surface area contributed by atoms with Crippen molar-refractivity contribution in [2.45, 2.75) is 0 Å². The molecule has 4 heteroatoms. The second kappa shape index (κ2) is 15.4. The zero-order chi connectivity index (χ0) is 43.6. The fourth-order valence-electron chi connectivity index (χ4n) is 10.2. The highest BCUT2D eigenvalue weighted by atomic mass is 15.2. The lowest BCUT2D eigenvalue weighted by Gasteiger charge is -2.26. The third-order valence-corrected chi connectivity index (χ3v) is 13.1. The molecule has 310 valence electrons. The molecule has 13 aromatic rings. The summed E-state index contributed by atoms with van der Waals surface area (Å²) in [5.74, 6) is 0. The van der Waals surface area contributed by atoms with Gasteiger partial charge in [0, 0.05) is 72.7 Å².